The van der Waals surface area contributed by atoms with Crippen LogP contribution in [0.2, 0.25) is 0 Å². The van der Waals surface area contributed by atoms with Gasteiger partial charge in [-0.3, -0.25) is 14.2 Å². The molecule has 5 rings (SSSR count). The maximum absolute atomic E-state index is 13.6. The number of nitrogens with zero attached hydrogens (tertiary/aromatic N) is 2. The van der Waals surface area contributed by atoms with Crippen LogP contribution in [0.5, 0.6) is 0 Å². The number of carbonyl (C=O) groups is 1. The minimum Gasteiger partial charge on any atom is -0.353 e. The summed E-state index contributed by atoms with van der Waals surface area (Å²) in [6.07, 6.45) is 5.49. The van der Waals surface area contributed by atoms with Crippen LogP contribution in [0.25, 0.3) is 15.9 Å². The number of rotatable bonds is 6. The third-order valence-corrected chi connectivity index (χ3v) is 8.17. The number of hydrogen-bond acceptors (Lipinski definition) is 5. The Balaban J connectivity index is 1.52. The van der Waals surface area contributed by atoms with E-state index in [-0.39, 0.29) is 23.3 Å². The summed E-state index contributed by atoms with van der Waals surface area (Å²) >= 11 is 2.98. The molecule has 0 aliphatic heterocycles. The fourth-order valence-corrected chi connectivity index (χ4v) is 6.31. The highest BCUT2D eigenvalue weighted by Crippen LogP contribution is 2.36. The van der Waals surface area contributed by atoms with Crippen LogP contribution in [0, 0.1) is 12.8 Å². The number of thioether (sulfide) groups is 1. The Labute approximate surface area is 183 Å². The molecular formula is C23H25N3O2S2. The lowest BCUT2D eigenvalue weighted by Crippen LogP contribution is -2.35. The smallest absolute Gasteiger partial charge is 0.267 e. The molecule has 156 valence electrons. The first-order valence-corrected chi connectivity index (χ1v) is 12.4. The third kappa shape index (κ3) is 3.69. The van der Waals surface area contributed by atoms with E-state index in [1.54, 1.807) is 15.9 Å². The fraction of sp³-hybridized carbons (Fsp3) is 0.435. The van der Waals surface area contributed by atoms with Crippen LogP contribution in [0.1, 0.15) is 42.2 Å². The van der Waals surface area contributed by atoms with Crippen LogP contribution in [0.4, 0.5) is 0 Å². The molecule has 1 atom stereocenters. The summed E-state index contributed by atoms with van der Waals surface area (Å²) in [5, 5.41) is 4.45. The Morgan fingerprint density at radius 2 is 2.07 bits per heavy atom. The minimum absolute atomic E-state index is 0.00197. The second kappa shape index (κ2) is 7.85. The Bertz CT molecular complexity index is 1180. The van der Waals surface area contributed by atoms with Crippen LogP contribution in [0.15, 0.2) is 34.2 Å². The summed E-state index contributed by atoms with van der Waals surface area (Å²) in [4.78, 5) is 33.0. The molecule has 1 amide bonds. The van der Waals surface area contributed by atoms with Crippen LogP contribution in [-0.2, 0) is 17.6 Å². The van der Waals surface area contributed by atoms with Gasteiger partial charge >= 0.3 is 0 Å². The first-order chi connectivity index (χ1) is 14.5. The SMILES string of the molecule is Cc1ccc(-n2c(SCC(=O)NC(C)C3CC3)nc3sc4c(c3c2=O)CCC4)cc1. The lowest BCUT2D eigenvalue weighted by molar-refractivity contribution is -0.119. The lowest BCUT2D eigenvalue weighted by atomic mass is 10.2. The summed E-state index contributed by atoms with van der Waals surface area (Å²) in [6.45, 7) is 4.10. The van der Waals surface area contributed by atoms with Gasteiger partial charge in [0.05, 0.1) is 16.8 Å². The molecule has 1 aromatic carbocycles. The zero-order chi connectivity index (χ0) is 20.8. The van der Waals surface area contributed by atoms with E-state index >= 15 is 0 Å². The predicted molar refractivity (Wildman–Crippen MR) is 123 cm³/mol. The molecule has 2 heterocycles. The molecule has 1 saturated carbocycles. The van der Waals surface area contributed by atoms with E-state index < -0.39 is 0 Å². The van der Waals surface area contributed by atoms with Gasteiger partial charge in [0.25, 0.3) is 5.56 Å². The fourth-order valence-electron chi connectivity index (χ4n) is 4.18. The van der Waals surface area contributed by atoms with Gasteiger partial charge in [-0.15, -0.1) is 11.3 Å². The standard InChI is InChI=1S/C23H25N3O2S2/c1-13-6-10-16(11-7-13)26-22(28)20-17-4-3-5-18(17)30-21(20)25-23(26)29-12-19(27)24-14(2)15-8-9-15/h6-7,10-11,14-15H,3-5,8-9,12H2,1-2H3,(H,24,27). The van der Waals surface area contributed by atoms with Gasteiger partial charge in [-0.05, 0) is 69.6 Å². The van der Waals surface area contributed by atoms with E-state index in [2.05, 4.69) is 12.2 Å². The minimum atomic E-state index is -0.0162. The molecule has 0 radical (unpaired) electrons. The zero-order valence-corrected chi connectivity index (χ0v) is 18.9. The molecule has 7 heteroatoms. The highest BCUT2D eigenvalue weighted by Gasteiger charge is 2.29. The number of carbonyl (C=O) groups excluding carboxylic acids is 1. The topological polar surface area (TPSA) is 64.0 Å². The van der Waals surface area contributed by atoms with Crippen molar-refractivity contribution >= 4 is 39.2 Å². The molecule has 1 N–H and O–H groups in total. The molecule has 2 aromatic heterocycles. The summed E-state index contributed by atoms with van der Waals surface area (Å²) < 4.78 is 1.69. The van der Waals surface area contributed by atoms with Gasteiger partial charge in [0, 0.05) is 10.9 Å². The van der Waals surface area contributed by atoms with Crippen molar-refractivity contribution < 1.29 is 4.79 Å². The van der Waals surface area contributed by atoms with Crippen molar-refractivity contribution in [3.8, 4) is 5.69 Å². The molecule has 2 aliphatic rings. The van der Waals surface area contributed by atoms with Crippen LogP contribution in [-0.4, -0.2) is 27.3 Å². The first kappa shape index (κ1) is 19.8. The number of thiophene rings is 1. The van der Waals surface area contributed by atoms with E-state index in [9.17, 15) is 9.59 Å². The van der Waals surface area contributed by atoms with E-state index in [4.69, 9.17) is 4.98 Å². The number of fused-ring (bicyclic) bond motifs is 3. The Kier molecular flexibility index (Phi) is 5.19. The normalized spacial score (nSPS) is 16.6. The van der Waals surface area contributed by atoms with Crippen molar-refractivity contribution in [2.75, 3.05) is 5.75 Å². The van der Waals surface area contributed by atoms with E-state index in [1.807, 2.05) is 31.2 Å². The number of hydrogen-bond donors (Lipinski definition) is 1. The van der Waals surface area contributed by atoms with Crippen LogP contribution in [0.3, 0.4) is 0 Å². The summed E-state index contributed by atoms with van der Waals surface area (Å²) in [5.41, 5.74) is 3.10. The molecule has 0 saturated heterocycles. The quantitative estimate of drug-likeness (QED) is 0.461. The summed E-state index contributed by atoms with van der Waals surface area (Å²) in [5.74, 6) is 0.872. The summed E-state index contributed by atoms with van der Waals surface area (Å²) in [6, 6.07) is 8.13. The summed E-state index contributed by atoms with van der Waals surface area (Å²) in [7, 11) is 0. The Hall–Kier alpha value is -2.12. The van der Waals surface area contributed by atoms with Gasteiger partial charge < -0.3 is 5.32 Å². The Morgan fingerprint density at radius 1 is 1.30 bits per heavy atom. The molecule has 0 spiro atoms. The van der Waals surface area contributed by atoms with Gasteiger partial charge in [0.1, 0.15) is 4.83 Å². The maximum Gasteiger partial charge on any atom is 0.267 e. The molecule has 3 aromatic rings. The van der Waals surface area contributed by atoms with Crippen molar-refractivity contribution in [1.29, 1.82) is 0 Å². The van der Waals surface area contributed by atoms with Gasteiger partial charge in [0.2, 0.25) is 5.91 Å². The molecule has 2 aliphatic carbocycles. The molecule has 0 bridgehead atoms. The largest absolute Gasteiger partial charge is 0.353 e. The number of benzene rings is 1. The molecule has 1 fully saturated rings. The van der Waals surface area contributed by atoms with Crippen LogP contribution < -0.4 is 10.9 Å². The van der Waals surface area contributed by atoms with Gasteiger partial charge in [-0.1, -0.05) is 29.5 Å². The number of amides is 1. The first-order valence-electron chi connectivity index (χ1n) is 10.6. The molecular weight excluding hydrogens is 414 g/mol. The van der Waals surface area contributed by atoms with Gasteiger partial charge in [-0.25, -0.2) is 4.98 Å². The second-order valence-corrected chi connectivity index (χ2v) is 10.4. The van der Waals surface area contributed by atoms with Crippen molar-refractivity contribution in [2.45, 2.75) is 57.1 Å². The van der Waals surface area contributed by atoms with Crippen molar-refractivity contribution in [2.24, 2.45) is 5.92 Å². The zero-order valence-electron chi connectivity index (χ0n) is 17.2. The van der Waals surface area contributed by atoms with Crippen molar-refractivity contribution in [3.63, 3.8) is 0 Å². The highest BCUT2D eigenvalue weighted by atomic mass is 32.2. The monoisotopic (exact) mass is 439 g/mol. The second-order valence-electron chi connectivity index (χ2n) is 8.39. The highest BCUT2D eigenvalue weighted by molar-refractivity contribution is 7.99. The molecule has 30 heavy (non-hydrogen) atoms. The number of aromatic nitrogens is 2. The van der Waals surface area contributed by atoms with Gasteiger partial charge in [-0.2, -0.15) is 0 Å². The Morgan fingerprint density at radius 3 is 2.80 bits per heavy atom. The van der Waals surface area contributed by atoms with Crippen molar-refractivity contribution in [3.05, 3.63) is 50.6 Å². The molecule has 1 unspecified atom stereocenters. The maximum atomic E-state index is 13.6. The van der Waals surface area contributed by atoms with Crippen LogP contribution >= 0.6 is 23.1 Å². The van der Waals surface area contributed by atoms with Gasteiger partial charge in [0.15, 0.2) is 5.16 Å². The number of nitrogens with one attached hydrogen (secondary N) is 1. The number of aryl methyl sites for hydroxylation is 3. The van der Waals surface area contributed by atoms with Crippen molar-refractivity contribution in [1.82, 2.24) is 14.9 Å². The van der Waals surface area contributed by atoms with E-state index in [1.165, 1.54) is 35.0 Å². The van der Waals surface area contributed by atoms with E-state index in [0.29, 0.717) is 11.1 Å². The average Bonchev–Trinajstić information content (AvgIpc) is 3.38. The third-order valence-electron chi connectivity index (χ3n) is 6.05. The average molecular weight is 440 g/mol. The molecule has 5 nitrogen and oxygen atoms in total. The predicted octanol–water partition coefficient (Wildman–Crippen LogP) is 4.25. The lowest BCUT2D eigenvalue weighted by Gasteiger charge is -2.14. The van der Waals surface area contributed by atoms with E-state index in [0.717, 1.165) is 40.7 Å².